The summed E-state index contributed by atoms with van der Waals surface area (Å²) in [5, 5.41) is 0. The summed E-state index contributed by atoms with van der Waals surface area (Å²) in [5.74, 6) is 0.576. The van der Waals surface area contributed by atoms with Gasteiger partial charge in [0, 0.05) is 24.2 Å². The zero-order valence-corrected chi connectivity index (χ0v) is 17.2. The van der Waals surface area contributed by atoms with E-state index in [-0.39, 0.29) is 11.9 Å². The Hall–Kier alpha value is -3.28. The van der Waals surface area contributed by atoms with Gasteiger partial charge in [-0.3, -0.25) is 4.79 Å². The normalized spacial score (nSPS) is 18.6. The molecule has 2 aromatic carbocycles. The van der Waals surface area contributed by atoms with Crippen molar-refractivity contribution in [2.24, 2.45) is 0 Å². The fraction of sp³-hybridized carbons (Fsp3) is 0.333. The van der Waals surface area contributed by atoms with Crippen molar-refractivity contribution in [2.75, 3.05) is 18.1 Å². The van der Waals surface area contributed by atoms with Crippen LogP contribution in [0, 0.1) is 0 Å². The van der Waals surface area contributed by atoms with E-state index in [2.05, 4.69) is 0 Å². The second-order valence-corrected chi connectivity index (χ2v) is 7.56. The monoisotopic (exact) mass is 407 g/mol. The summed E-state index contributed by atoms with van der Waals surface area (Å²) in [4.78, 5) is 26.9. The van der Waals surface area contributed by atoms with Gasteiger partial charge in [0.25, 0.3) is 5.91 Å². The molecular formula is C24H25NO5. The van der Waals surface area contributed by atoms with Crippen LogP contribution in [0.5, 0.6) is 11.5 Å². The van der Waals surface area contributed by atoms with Gasteiger partial charge >= 0.3 is 5.97 Å². The highest BCUT2D eigenvalue weighted by Crippen LogP contribution is 2.33. The molecule has 0 saturated heterocycles. The molecule has 2 aromatic rings. The van der Waals surface area contributed by atoms with Crippen LogP contribution in [0.15, 0.2) is 48.5 Å². The molecule has 2 atom stereocenters. The van der Waals surface area contributed by atoms with Crippen LogP contribution in [0.2, 0.25) is 0 Å². The van der Waals surface area contributed by atoms with Gasteiger partial charge in [0.15, 0.2) is 17.6 Å². The van der Waals surface area contributed by atoms with Crippen LogP contribution in [-0.2, 0) is 20.7 Å². The summed E-state index contributed by atoms with van der Waals surface area (Å²) < 4.78 is 16.6. The maximum atomic E-state index is 12.9. The predicted molar refractivity (Wildman–Crippen MR) is 114 cm³/mol. The molecule has 0 unspecified atom stereocenters. The lowest BCUT2D eigenvalue weighted by Gasteiger charge is -2.25. The zero-order valence-electron chi connectivity index (χ0n) is 17.2. The molecule has 0 radical (unpaired) electrons. The average Bonchev–Trinajstić information content (AvgIpc) is 2.91. The Bertz CT molecular complexity index is 983. The molecule has 0 aliphatic carbocycles. The highest BCUT2D eigenvalue weighted by Gasteiger charge is 2.34. The van der Waals surface area contributed by atoms with Crippen LogP contribution in [0.1, 0.15) is 31.4 Å². The number of esters is 1. The first-order valence-electron chi connectivity index (χ1n) is 10.2. The van der Waals surface area contributed by atoms with E-state index < -0.39 is 12.1 Å². The molecule has 2 heterocycles. The van der Waals surface area contributed by atoms with Gasteiger partial charge in [-0.1, -0.05) is 24.3 Å². The van der Waals surface area contributed by atoms with Crippen LogP contribution in [0.25, 0.3) is 6.08 Å². The predicted octanol–water partition coefficient (Wildman–Crippen LogP) is 3.77. The van der Waals surface area contributed by atoms with E-state index in [1.165, 1.54) is 6.08 Å². The highest BCUT2D eigenvalue weighted by molar-refractivity contribution is 6.00. The number of anilines is 1. The fourth-order valence-electron chi connectivity index (χ4n) is 3.81. The van der Waals surface area contributed by atoms with Crippen molar-refractivity contribution in [3.05, 3.63) is 59.7 Å². The first-order valence-corrected chi connectivity index (χ1v) is 10.2. The van der Waals surface area contributed by atoms with Gasteiger partial charge in [-0.25, -0.2) is 4.79 Å². The largest absolute Gasteiger partial charge is 0.490 e. The van der Waals surface area contributed by atoms with E-state index in [1.54, 1.807) is 17.9 Å². The van der Waals surface area contributed by atoms with Gasteiger partial charge in [0.05, 0.1) is 13.2 Å². The molecule has 30 heavy (non-hydrogen) atoms. The number of rotatable bonds is 4. The minimum absolute atomic E-state index is 0.0355. The Kier molecular flexibility index (Phi) is 5.74. The molecule has 6 nitrogen and oxygen atoms in total. The molecule has 4 rings (SSSR count). The number of nitrogens with zero attached hydrogens (tertiary/aromatic N) is 1. The third-order valence-electron chi connectivity index (χ3n) is 5.27. The molecule has 0 bridgehead atoms. The molecule has 0 N–H and O–H groups in total. The minimum atomic E-state index is -0.875. The quantitative estimate of drug-likeness (QED) is 0.570. The summed E-state index contributed by atoms with van der Waals surface area (Å²) in [6.45, 7) is 4.83. The summed E-state index contributed by atoms with van der Waals surface area (Å²) in [6, 6.07) is 13.3. The Morgan fingerprint density at radius 1 is 1.13 bits per heavy atom. The van der Waals surface area contributed by atoms with Gasteiger partial charge in [-0.2, -0.15) is 0 Å². The zero-order chi connectivity index (χ0) is 21.1. The van der Waals surface area contributed by atoms with Gasteiger partial charge in [0.2, 0.25) is 0 Å². The lowest BCUT2D eigenvalue weighted by atomic mass is 10.1. The first-order chi connectivity index (χ1) is 14.5. The number of para-hydroxylation sites is 1. The third kappa shape index (κ3) is 4.17. The number of hydrogen-bond donors (Lipinski definition) is 0. The van der Waals surface area contributed by atoms with E-state index in [0.29, 0.717) is 24.7 Å². The molecule has 156 valence electrons. The van der Waals surface area contributed by atoms with E-state index in [9.17, 15) is 9.59 Å². The lowest BCUT2D eigenvalue weighted by molar-refractivity contribution is -0.149. The van der Waals surface area contributed by atoms with Crippen LogP contribution in [0.3, 0.4) is 0 Å². The van der Waals surface area contributed by atoms with Gasteiger partial charge < -0.3 is 19.1 Å². The van der Waals surface area contributed by atoms with Crippen molar-refractivity contribution in [1.29, 1.82) is 0 Å². The maximum absolute atomic E-state index is 12.9. The first kappa shape index (κ1) is 20.0. The van der Waals surface area contributed by atoms with Crippen molar-refractivity contribution < 1.29 is 23.8 Å². The van der Waals surface area contributed by atoms with Crippen LogP contribution < -0.4 is 14.4 Å². The number of fused-ring (bicyclic) bond motifs is 2. The Morgan fingerprint density at radius 3 is 2.73 bits per heavy atom. The molecule has 6 heteroatoms. The fourth-order valence-corrected chi connectivity index (χ4v) is 3.81. The number of benzene rings is 2. The maximum Gasteiger partial charge on any atom is 0.331 e. The van der Waals surface area contributed by atoms with Gasteiger partial charge in [-0.05, 0) is 55.7 Å². The van der Waals surface area contributed by atoms with Crippen molar-refractivity contribution in [3.8, 4) is 11.5 Å². The summed E-state index contributed by atoms with van der Waals surface area (Å²) in [7, 11) is 0. The molecule has 0 aromatic heterocycles. The van der Waals surface area contributed by atoms with Crippen molar-refractivity contribution in [2.45, 2.75) is 38.8 Å². The average molecular weight is 407 g/mol. The molecule has 0 spiro atoms. The molecular weight excluding hydrogens is 382 g/mol. The lowest BCUT2D eigenvalue weighted by Crippen LogP contribution is -2.43. The van der Waals surface area contributed by atoms with Crippen LogP contribution >= 0.6 is 0 Å². The molecule has 0 saturated carbocycles. The highest BCUT2D eigenvalue weighted by atomic mass is 16.5. The van der Waals surface area contributed by atoms with Crippen molar-refractivity contribution >= 4 is 23.6 Å². The van der Waals surface area contributed by atoms with E-state index in [1.807, 2.05) is 49.4 Å². The SMILES string of the molecule is C[C@H](OC(=O)/C=C/c1ccc2c(c1)OCCCO2)C(=O)N1c2ccccc2C[C@@H]1C. The minimum Gasteiger partial charge on any atom is -0.490 e. The summed E-state index contributed by atoms with van der Waals surface area (Å²) >= 11 is 0. The number of hydrogen-bond acceptors (Lipinski definition) is 5. The Labute approximate surface area is 176 Å². The third-order valence-corrected chi connectivity index (χ3v) is 5.27. The number of ether oxygens (including phenoxy) is 3. The number of carbonyl (C=O) groups excluding carboxylic acids is 2. The Morgan fingerprint density at radius 2 is 1.90 bits per heavy atom. The molecule has 0 fully saturated rings. The Balaban J connectivity index is 1.39. The second kappa shape index (κ2) is 8.61. The molecule has 1 amide bonds. The van der Waals surface area contributed by atoms with Gasteiger partial charge in [0.1, 0.15) is 0 Å². The molecule has 2 aliphatic heterocycles. The van der Waals surface area contributed by atoms with E-state index >= 15 is 0 Å². The van der Waals surface area contributed by atoms with Crippen molar-refractivity contribution in [1.82, 2.24) is 0 Å². The standard InChI is InChI=1S/C24H25NO5/c1-16-14-19-6-3-4-7-20(19)25(16)24(27)17(2)30-23(26)11-9-18-8-10-21-22(15-18)29-13-5-12-28-21/h3-4,6-11,15-17H,5,12-14H2,1-2H3/b11-9+/t16-,17-/m0/s1. The smallest absolute Gasteiger partial charge is 0.331 e. The number of amides is 1. The topological polar surface area (TPSA) is 65.1 Å². The van der Waals surface area contributed by atoms with E-state index in [0.717, 1.165) is 29.7 Å². The molecule has 2 aliphatic rings. The summed E-state index contributed by atoms with van der Waals surface area (Å²) in [6.07, 6.45) is 3.72. The van der Waals surface area contributed by atoms with E-state index in [4.69, 9.17) is 14.2 Å². The van der Waals surface area contributed by atoms with Crippen molar-refractivity contribution in [3.63, 3.8) is 0 Å². The number of carbonyl (C=O) groups is 2. The summed E-state index contributed by atoms with van der Waals surface area (Å²) in [5.41, 5.74) is 2.81. The van der Waals surface area contributed by atoms with Gasteiger partial charge in [-0.15, -0.1) is 0 Å². The van der Waals surface area contributed by atoms with Crippen LogP contribution in [0.4, 0.5) is 5.69 Å². The van der Waals surface area contributed by atoms with Crippen LogP contribution in [-0.4, -0.2) is 37.2 Å². The second-order valence-electron chi connectivity index (χ2n) is 7.56.